The zero-order chi connectivity index (χ0) is 16.5. The van der Waals surface area contributed by atoms with Crippen LogP contribution in [-0.4, -0.2) is 29.9 Å². The smallest absolute Gasteiger partial charge is 0.345 e. The molecule has 0 saturated heterocycles. The van der Waals surface area contributed by atoms with E-state index in [0.29, 0.717) is 6.07 Å². The van der Waals surface area contributed by atoms with E-state index in [9.17, 15) is 22.4 Å². The summed E-state index contributed by atoms with van der Waals surface area (Å²) in [6.45, 7) is 0. The molecule has 0 fully saturated rings. The molecular weight excluding hydrogens is 300 g/mol. The van der Waals surface area contributed by atoms with Crippen molar-refractivity contribution in [1.82, 2.24) is 9.88 Å². The highest BCUT2D eigenvalue weighted by Gasteiger charge is 2.35. The molecule has 2 aromatic rings. The summed E-state index contributed by atoms with van der Waals surface area (Å²) in [6.07, 6.45) is -3.47. The molecule has 1 aromatic heterocycles. The number of benzene rings is 1. The molecular formula is C15H12F4N2O. The number of halogens is 4. The molecule has 1 amide bonds. The molecule has 116 valence electrons. The fourth-order valence-electron chi connectivity index (χ4n) is 1.99. The third-order valence-electron chi connectivity index (χ3n) is 2.99. The van der Waals surface area contributed by atoms with Crippen molar-refractivity contribution in [3.63, 3.8) is 0 Å². The van der Waals surface area contributed by atoms with E-state index in [1.54, 1.807) is 0 Å². The second-order valence-electron chi connectivity index (χ2n) is 4.79. The average Bonchev–Trinajstić information content (AvgIpc) is 2.45. The van der Waals surface area contributed by atoms with Crippen molar-refractivity contribution >= 4 is 5.91 Å². The molecule has 1 aromatic carbocycles. The van der Waals surface area contributed by atoms with Crippen LogP contribution in [0, 0.1) is 5.82 Å². The lowest BCUT2D eigenvalue weighted by Crippen LogP contribution is -2.23. The van der Waals surface area contributed by atoms with Gasteiger partial charge in [-0.15, -0.1) is 0 Å². The van der Waals surface area contributed by atoms with E-state index in [1.807, 2.05) is 0 Å². The number of carbonyl (C=O) groups is 1. The van der Waals surface area contributed by atoms with Crippen LogP contribution in [0.3, 0.4) is 0 Å². The predicted octanol–water partition coefficient (Wildman–Crippen LogP) is 3.61. The number of pyridine rings is 1. The molecule has 7 heteroatoms. The lowest BCUT2D eigenvalue weighted by molar-refractivity contribution is -0.137. The predicted molar refractivity (Wildman–Crippen MR) is 72.7 cm³/mol. The zero-order valence-corrected chi connectivity index (χ0v) is 11.8. The summed E-state index contributed by atoms with van der Waals surface area (Å²) in [4.78, 5) is 17.2. The van der Waals surface area contributed by atoms with Gasteiger partial charge in [-0.1, -0.05) is 0 Å². The van der Waals surface area contributed by atoms with Gasteiger partial charge in [0.2, 0.25) is 0 Å². The average molecular weight is 312 g/mol. The van der Waals surface area contributed by atoms with Crippen molar-refractivity contribution < 1.29 is 22.4 Å². The van der Waals surface area contributed by atoms with E-state index in [4.69, 9.17) is 0 Å². The van der Waals surface area contributed by atoms with Gasteiger partial charge in [0.25, 0.3) is 5.91 Å². The summed E-state index contributed by atoms with van der Waals surface area (Å²) in [5.74, 6) is -1.49. The molecule has 22 heavy (non-hydrogen) atoms. The molecule has 2 rings (SSSR count). The van der Waals surface area contributed by atoms with Gasteiger partial charge in [0, 0.05) is 25.9 Å². The maximum atomic E-state index is 13.2. The molecule has 0 aliphatic heterocycles. The van der Waals surface area contributed by atoms with E-state index in [1.165, 1.54) is 37.3 Å². The quantitative estimate of drug-likeness (QED) is 0.794. The molecule has 0 atom stereocenters. The first-order valence-electron chi connectivity index (χ1n) is 6.25. The number of aromatic nitrogens is 1. The number of nitrogens with zero attached hydrogens (tertiary/aromatic N) is 2. The van der Waals surface area contributed by atoms with E-state index in [-0.39, 0.29) is 16.8 Å². The molecule has 0 spiro atoms. The molecule has 0 saturated carbocycles. The first-order valence-corrected chi connectivity index (χ1v) is 6.25. The van der Waals surface area contributed by atoms with Crippen molar-refractivity contribution in [3.8, 4) is 11.3 Å². The SMILES string of the molecule is CN(C)C(=O)c1cccnc1-c1ccc(F)cc1C(F)(F)F. The van der Waals surface area contributed by atoms with Crippen LogP contribution in [0.2, 0.25) is 0 Å². The van der Waals surface area contributed by atoms with E-state index in [0.717, 1.165) is 12.1 Å². The largest absolute Gasteiger partial charge is 0.417 e. The van der Waals surface area contributed by atoms with Crippen molar-refractivity contribution in [2.75, 3.05) is 14.1 Å². The third kappa shape index (κ3) is 3.08. The summed E-state index contributed by atoms with van der Waals surface area (Å²) < 4.78 is 52.5. The van der Waals surface area contributed by atoms with E-state index in [2.05, 4.69) is 4.98 Å². The Bertz CT molecular complexity index is 711. The Morgan fingerprint density at radius 1 is 1.18 bits per heavy atom. The maximum Gasteiger partial charge on any atom is 0.417 e. The van der Waals surface area contributed by atoms with Crippen LogP contribution in [-0.2, 0) is 6.18 Å². The minimum absolute atomic E-state index is 0.0182. The number of hydrogen-bond acceptors (Lipinski definition) is 2. The van der Waals surface area contributed by atoms with Gasteiger partial charge in [0.05, 0.1) is 16.8 Å². The monoisotopic (exact) mass is 312 g/mol. The lowest BCUT2D eigenvalue weighted by atomic mass is 9.99. The van der Waals surface area contributed by atoms with Crippen LogP contribution < -0.4 is 0 Å². The van der Waals surface area contributed by atoms with Gasteiger partial charge in [-0.05, 0) is 30.3 Å². The molecule has 0 N–H and O–H groups in total. The molecule has 3 nitrogen and oxygen atoms in total. The fourth-order valence-corrected chi connectivity index (χ4v) is 1.99. The molecule has 1 heterocycles. The Morgan fingerprint density at radius 2 is 1.86 bits per heavy atom. The second-order valence-corrected chi connectivity index (χ2v) is 4.79. The summed E-state index contributed by atoms with van der Waals surface area (Å²) in [6, 6.07) is 5.12. The topological polar surface area (TPSA) is 33.2 Å². The number of alkyl halides is 3. The Hall–Kier alpha value is -2.44. The molecule has 0 unspecified atom stereocenters. The minimum atomic E-state index is -4.76. The number of rotatable bonds is 2. The first kappa shape index (κ1) is 15.9. The van der Waals surface area contributed by atoms with Crippen LogP contribution in [0.4, 0.5) is 17.6 Å². The fraction of sp³-hybridized carbons (Fsp3) is 0.200. The third-order valence-corrected chi connectivity index (χ3v) is 2.99. The van der Waals surface area contributed by atoms with Crippen molar-refractivity contribution in [3.05, 3.63) is 53.5 Å². The van der Waals surface area contributed by atoms with Gasteiger partial charge in [0.15, 0.2) is 0 Å². The van der Waals surface area contributed by atoms with Crippen LogP contribution in [0.25, 0.3) is 11.3 Å². The van der Waals surface area contributed by atoms with Crippen molar-refractivity contribution in [2.24, 2.45) is 0 Å². The molecule has 0 bridgehead atoms. The highest BCUT2D eigenvalue weighted by atomic mass is 19.4. The zero-order valence-electron chi connectivity index (χ0n) is 11.8. The maximum absolute atomic E-state index is 13.2. The van der Waals surface area contributed by atoms with Crippen LogP contribution in [0.15, 0.2) is 36.5 Å². The number of carbonyl (C=O) groups excluding carboxylic acids is 1. The molecule has 0 aliphatic rings. The van der Waals surface area contributed by atoms with Crippen molar-refractivity contribution in [2.45, 2.75) is 6.18 Å². The summed E-state index contributed by atoms with van der Waals surface area (Å²) in [7, 11) is 2.96. The summed E-state index contributed by atoms with van der Waals surface area (Å²) in [5, 5.41) is 0. The van der Waals surface area contributed by atoms with Crippen LogP contribution >= 0.6 is 0 Å². The standard InChI is InChI=1S/C15H12F4N2O/c1-21(2)14(22)11-4-3-7-20-13(11)10-6-5-9(16)8-12(10)15(17,18)19/h3-8H,1-2H3. The minimum Gasteiger partial charge on any atom is -0.345 e. The summed E-state index contributed by atoms with van der Waals surface area (Å²) in [5.41, 5.74) is -1.61. The van der Waals surface area contributed by atoms with Gasteiger partial charge in [-0.2, -0.15) is 13.2 Å². The van der Waals surface area contributed by atoms with E-state index >= 15 is 0 Å². The second kappa shape index (κ2) is 5.75. The van der Waals surface area contributed by atoms with Crippen LogP contribution in [0.5, 0.6) is 0 Å². The summed E-state index contributed by atoms with van der Waals surface area (Å²) >= 11 is 0. The Morgan fingerprint density at radius 3 is 2.45 bits per heavy atom. The normalized spacial score (nSPS) is 11.4. The van der Waals surface area contributed by atoms with Gasteiger partial charge >= 0.3 is 6.18 Å². The van der Waals surface area contributed by atoms with Gasteiger partial charge in [-0.3, -0.25) is 9.78 Å². The Balaban J connectivity index is 2.71. The number of hydrogen-bond donors (Lipinski definition) is 0. The molecule has 0 aliphatic carbocycles. The molecule has 0 radical (unpaired) electrons. The highest BCUT2D eigenvalue weighted by molar-refractivity contribution is 5.99. The van der Waals surface area contributed by atoms with Gasteiger partial charge < -0.3 is 4.90 Å². The van der Waals surface area contributed by atoms with E-state index < -0.39 is 23.5 Å². The number of amides is 1. The van der Waals surface area contributed by atoms with Gasteiger partial charge in [-0.25, -0.2) is 4.39 Å². The lowest BCUT2D eigenvalue weighted by Gasteiger charge is -2.16. The Kier molecular flexibility index (Phi) is 4.16. The first-order chi connectivity index (χ1) is 10.2. The highest BCUT2D eigenvalue weighted by Crippen LogP contribution is 2.37. The van der Waals surface area contributed by atoms with Crippen molar-refractivity contribution in [1.29, 1.82) is 0 Å². The van der Waals surface area contributed by atoms with Gasteiger partial charge in [0.1, 0.15) is 5.82 Å². The van der Waals surface area contributed by atoms with Crippen LogP contribution in [0.1, 0.15) is 15.9 Å². The Labute approximate surface area is 124 Å².